The molecule has 0 bridgehead atoms. The SMILES string of the molecule is O=C(COC(=O)C1CCN(C(=O)Nc2ccccc2)CC1)Nc1cccnc1Cl. The number of esters is 1. The lowest BCUT2D eigenvalue weighted by molar-refractivity contribution is -0.152. The Balaban J connectivity index is 1.40. The minimum absolute atomic E-state index is 0.160. The molecule has 8 nitrogen and oxygen atoms in total. The van der Waals surface area contributed by atoms with Crippen molar-refractivity contribution in [1.82, 2.24) is 9.88 Å². The lowest BCUT2D eigenvalue weighted by atomic mass is 9.97. The number of carbonyl (C=O) groups is 3. The van der Waals surface area contributed by atoms with Crippen molar-refractivity contribution in [3.8, 4) is 0 Å². The molecule has 152 valence electrons. The third-order valence-electron chi connectivity index (χ3n) is 4.52. The number of piperidine rings is 1. The smallest absolute Gasteiger partial charge is 0.321 e. The maximum atomic E-state index is 12.3. The number of nitrogens with one attached hydrogen (secondary N) is 2. The molecule has 29 heavy (non-hydrogen) atoms. The second kappa shape index (κ2) is 9.88. The molecule has 1 aliphatic rings. The first kappa shape index (κ1) is 20.6. The van der Waals surface area contributed by atoms with Gasteiger partial charge in [-0.1, -0.05) is 29.8 Å². The van der Waals surface area contributed by atoms with Gasteiger partial charge in [0.15, 0.2) is 11.8 Å². The molecule has 2 N–H and O–H groups in total. The van der Waals surface area contributed by atoms with E-state index in [0.29, 0.717) is 31.6 Å². The first-order valence-corrected chi connectivity index (χ1v) is 9.58. The molecule has 1 aliphatic heterocycles. The number of pyridine rings is 1. The Morgan fingerprint density at radius 2 is 1.79 bits per heavy atom. The zero-order chi connectivity index (χ0) is 20.6. The summed E-state index contributed by atoms with van der Waals surface area (Å²) in [5, 5.41) is 5.53. The highest BCUT2D eigenvalue weighted by molar-refractivity contribution is 6.32. The Labute approximate surface area is 173 Å². The predicted molar refractivity (Wildman–Crippen MR) is 109 cm³/mol. The van der Waals surface area contributed by atoms with Crippen molar-refractivity contribution in [2.24, 2.45) is 5.92 Å². The van der Waals surface area contributed by atoms with E-state index in [0.717, 1.165) is 5.69 Å². The van der Waals surface area contributed by atoms with Crippen LogP contribution in [0.4, 0.5) is 16.2 Å². The Kier molecular flexibility index (Phi) is 7.02. The molecule has 1 saturated heterocycles. The first-order valence-electron chi connectivity index (χ1n) is 9.21. The summed E-state index contributed by atoms with van der Waals surface area (Å²) in [6, 6.07) is 12.2. The molecule has 0 unspecified atom stereocenters. The van der Waals surface area contributed by atoms with E-state index in [9.17, 15) is 14.4 Å². The summed E-state index contributed by atoms with van der Waals surface area (Å²) in [4.78, 5) is 42.0. The fourth-order valence-electron chi connectivity index (χ4n) is 2.96. The normalized spacial score (nSPS) is 14.2. The monoisotopic (exact) mass is 416 g/mol. The van der Waals surface area contributed by atoms with Gasteiger partial charge in [-0.05, 0) is 37.1 Å². The number of likely N-dealkylation sites (tertiary alicyclic amines) is 1. The third-order valence-corrected chi connectivity index (χ3v) is 4.82. The van der Waals surface area contributed by atoms with Crippen molar-refractivity contribution >= 4 is 40.9 Å². The average molecular weight is 417 g/mol. The highest BCUT2D eigenvalue weighted by Crippen LogP contribution is 2.20. The summed E-state index contributed by atoms with van der Waals surface area (Å²) in [6.07, 6.45) is 2.47. The van der Waals surface area contributed by atoms with Crippen LogP contribution in [-0.2, 0) is 14.3 Å². The molecule has 0 aliphatic carbocycles. The molecule has 0 radical (unpaired) electrons. The first-order chi connectivity index (χ1) is 14.0. The van der Waals surface area contributed by atoms with Crippen molar-refractivity contribution in [1.29, 1.82) is 0 Å². The van der Waals surface area contributed by atoms with Crippen molar-refractivity contribution in [3.05, 3.63) is 53.8 Å². The number of hydrogen-bond acceptors (Lipinski definition) is 5. The Morgan fingerprint density at radius 3 is 2.48 bits per heavy atom. The van der Waals surface area contributed by atoms with E-state index in [1.807, 2.05) is 30.3 Å². The van der Waals surface area contributed by atoms with Gasteiger partial charge >= 0.3 is 12.0 Å². The second-order valence-corrected chi connectivity index (χ2v) is 6.91. The molecule has 1 fully saturated rings. The summed E-state index contributed by atoms with van der Waals surface area (Å²) >= 11 is 5.87. The summed E-state index contributed by atoms with van der Waals surface area (Å²) in [5.74, 6) is -1.28. The standard InChI is InChI=1S/C20H21ClN4O4/c21-18-16(7-4-10-22-18)24-17(26)13-29-19(27)14-8-11-25(12-9-14)20(28)23-15-5-2-1-3-6-15/h1-7,10,14H,8-9,11-13H2,(H,23,28)(H,24,26). The zero-order valence-electron chi connectivity index (χ0n) is 15.6. The van der Waals surface area contributed by atoms with Crippen molar-refractivity contribution in [2.75, 3.05) is 30.3 Å². The molecule has 3 rings (SSSR count). The maximum Gasteiger partial charge on any atom is 0.321 e. The number of aromatic nitrogens is 1. The number of hydrogen-bond donors (Lipinski definition) is 2. The van der Waals surface area contributed by atoms with E-state index in [2.05, 4.69) is 15.6 Å². The molecule has 2 aromatic rings. The lowest BCUT2D eigenvalue weighted by Crippen LogP contribution is -2.43. The second-order valence-electron chi connectivity index (χ2n) is 6.56. The lowest BCUT2D eigenvalue weighted by Gasteiger charge is -2.30. The highest BCUT2D eigenvalue weighted by Gasteiger charge is 2.28. The number of ether oxygens (including phenoxy) is 1. The molecule has 1 aromatic carbocycles. The van der Waals surface area contributed by atoms with Crippen molar-refractivity contribution < 1.29 is 19.1 Å². The van der Waals surface area contributed by atoms with Crippen LogP contribution < -0.4 is 10.6 Å². The fourth-order valence-corrected chi connectivity index (χ4v) is 3.13. The van der Waals surface area contributed by atoms with E-state index >= 15 is 0 Å². The minimum Gasteiger partial charge on any atom is -0.455 e. The number of para-hydroxylation sites is 1. The van der Waals surface area contributed by atoms with Crippen LogP contribution in [0.5, 0.6) is 0 Å². The van der Waals surface area contributed by atoms with Gasteiger partial charge in [0.2, 0.25) is 0 Å². The van der Waals surface area contributed by atoms with Gasteiger partial charge in [-0.15, -0.1) is 0 Å². The van der Waals surface area contributed by atoms with Crippen molar-refractivity contribution in [3.63, 3.8) is 0 Å². The van der Waals surface area contributed by atoms with E-state index in [-0.39, 0.29) is 17.1 Å². The van der Waals surface area contributed by atoms with Crippen LogP contribution in [0.15, 0.2) is 48.7 Å². The maximum absolute atomic E-state index is 12.3. The number of amides is 3. The molecule has 3 amide bonds. The fraction of sp³-hybridized carbons (Fsp3) is 0.300. The summed E-state index contributed by atoms with van der Waals surface area (Å²) < 4.78 is 5.11. The van der Waals surface area contributed by atoms with Crippen LogP contribution >= 0.6 is 11.6 Å². The number of anilines is 2. The van der Waals surface area contributed by atoms with Gasteiger partial charge in [-0.2, -0.15) is 0 Å². The van der Waals surface area contributed by atoms with Gasteiger partial charge in [0.05, 0.1) is 11.6 Å². The molecule has 1 aromatic heterocycles. The highest BCUT2D eigenvalue weighted by atomic mass is 35.5. The molecule has 0 saturated carbocycles. The minimum atomic E-state index is -0.493. The van der Waals surface area contributed by atoms with Gasteiger partial charge in [0.1, 0.15) is 0 Å². The Morgan fingerprint density at radius 1 is 1.07 bits per heavy atom. The van der Waals surface area contributed by atoms with Crippen LogP contribution in [0, 0.1) is 5.92 Å². The quantitative estimate of drug-likeness (QED) is 0.576. The van der Waals surface area contributed by atoms with Crippen LogP contribution in [0.25, 0.3) is 0 Å². The zero-order valence-corrected chi connectivity index (χ0v) is 16.4. The van der Waals surface area contributed by atoms with Gasteiger partial charge < -0.3 is 20.3 Å². The molecule has 0 atom stereocenters. The van der Waals surface area contributed by atoms with Gasteiger partial charge in [-0.3, -0.25) is 9.59 Å². The molecule has 9 heteroatoms. The Hall–Kier alpha value is -3.13. The number of carbonyl (C=O) groups excluding carboxylic acids is 3. The topological polar surface area (TPSA) is 101 Å². The number of benzene rings is 1. The van der Waals surface area contributed by atoms with Gasteiger partial charge in [-0.25, -0.2) is 9.78 Å². The number of halogens is 1. The number of rotatable bonds is 5. The summed E-state index contributed by atoms with van der Waals surface area (Å²) in [7, 11) is 0. The average Bonchev–Trinajstić information content (AvgIpc) is 2.74. The molecular formula is C20H21ClN4O4. The summed E-state index contributed by atoms with van der Waals surface area (Å²) in [5.41, 5.74) is 1.08. The van der Waals surface area contributed by atoms with Crippen LogP contribution in [0.2, 0.25) is 5.15 Å². The third kappa shape index (κ3) is 5.92. The van der Waals surface area contributed by atoms with Crippen LogP contribution in [-0.4, -0.2) is 47.5 Å². The largest absolute Gasteiger partial charge is 0.455 e. The molecule has 0 spiro atoms. The van der Waals surface area contributed by atoms with E-state index < -0.39 is 18.5 Å². The molecule has 2 heterocycles. The molecular weight excluding hydrogens is 396 g/mol. The van der Waals surface area contributed by atoms with E-state index in [1.165, 1.54) is 6.20 Å². The number of urea groups is 1. The van der Waals surface area contributed by atoms with Crippen LogP contribution in [0.3, 0.4) is 0 Å². The van der Waals surface area contributed by atoms with E-state index in [4.69, 9.17) is 16.3 Å². The Bertz CT molecular complexity index is 870. The van der Waals surface area contributed by atoms with E-state index in [1.54, 1.807) is 17.0 Å². The van der Waals surface area contributed by atoms with Crippen molar-refractivity contribution in [2.45, 2.75) is 12.8 Å². The summed E-state index contributed by atoms with van der Waals surface area (Å²) in [6.45, 7) is 0.477. The van der Waals surface area contributed by atoms with Crippen LogP contribution in [0.1, 0.15) is 12.8 Å². The van der Waals surface area contributed by atoms with Gasteiger partial charge in [0, 0.05) is 25.0 Å². The van der Waals surface area contributed by atoms with Gasteiger partial charge in [0.25, 0.3) is 5.91 Å². The number of nitrogens with zero attached hydrogens (tertiary/aromatic N) is 2. The predicted octanol–water partition coefficient (Wildman–Crippen LogP) is 3.16.